The zero-order valence-corrected chi connectivity index (χ0v) is 19.3. The minimum absolute atomic E-state index is 0.111. The summed E-state index contributed by atoms with van der Waals surface area (Å²) >= 11 is 0. The van der Waals surface area contributed by atoms with Gasteiger partial charge in [-0.2, -0.15) is 0 Å². The van der Waals surface area contributed by atoms with E-state index in [1.165, 1.54) is 27.6 Å². The van der Waals surface area contributed by atoms with Crippen molar-refractivity contribution in [3.63, 3.8) is 0 Å². The van der Waals surface area contributed by atoms with Gasteiger partial charge in [-0.3, -0.25) is 10.1 Å². The monoisotopic (exact) mass is 450 g/mol. The highest BCUT2D eigenvalue weighted by molar-refractivity contribution is 5.93. The van der Waals surface area contributed by atoms with Crippen LogP contribution in [-0.2, 0) is 18.4 Å². The third-order valence-corrected chi connectivity index (χ3v) is 7.69. The van der Waals surface area contributed by atoms with Crippen LogP contribution in [0.15, 0.2) is 84.9 Å². The maximum atomic E-state index is 11.3. The predicted octanol–water partition coefficient (Wildman–Crippen LogP) is 6.77. The number of nitro benzene ring substituents is 1. The summed E-state index contributed by atoms with van der Waals surface area (Å²) in [6, 6.07) is 28.4. The topological polar surface area (TPSA) is 55.6 Å². The molecule has 2 aliphatic rings. The van der Waals surface area contributed by atoms with E-state index in [0.29, 0.717) is 0 Å². The van der Waals surface area contributed by atoms with Gasteiger partial charge in [0, 0.05) is 36.3 Å². The number of hydrogen-bond donors (Lipinski definition) is 0. The molecule has 0 aliphatic carbocycles. The minimum atomic E-state index is -0.613. The molecule has 1 atom stereocenters. The Bertz CT molecular complexity index is 1430. The Morgan fingerprint density at radius 1 is 0.971 bits per heavy atom. The smallest absolute Gasteiger partial charge is 0.269 e. The van der Waals surface area contributed by atoms with Gasteiger partial charge in [-0.25, -0.2) is 0 Å². The lowest BCUT2D eigenvalue weighted by Gasteiger charge is -2.50. The third-order valence-electron chi connectivity index (χ3n) is 7.69. The number of fused-ring (bicyclic) bond motifs is 4. The van der Waals surface area contributed by atoms with Crippen molar-refractivity contribution in [2.75, 3.05) is 4.90 Å². The van der Waals surface area contributed by atoms with Crippen molar-refractivity contribution < 1.29 is 9.66 Å². The lowest BCUT2D eigenvalue weighted by atomic mass is 9.72. The van der Waals surface area contributed by atoms with E-state index in [0.717, 1.165) is 30.7 Å². The van der Waals surface area contributed by atoms with E-state index in [9.17, 15) is 10.1 Å². The van der Waals surface area contributed by atoms with Crippen LogP contribution >= 0.6 is 0 Å². The molecule has 0 aromatic heterocycles. The molecule has 2 heterocycles. The van der Waals surface area contributed by atoms with Crippen LogP contribution in [0, 0.1) is 10.1 Å². The van der Waals surface area contributed by atoms with Crippen LogP contribution < -0.4 is 9.64 Å². The van der Waals surface area contributed by atoms with E-state index in [4.69, 9.17) is 4.74 Å². The summed E-state index contributed by atoms with van der Waals surface area (Å²) in [4.78, 5) is 13.4. The Morgan fingerprint density at radius 3 is 2.53 bits per heavy atom. The first-order valence-electron chi connectivity index (χ1n) is 11.7. The number of nitrogens with zero attached hydrogens (tertiary/aromatic N) is 2. The van der Waals surface area contributed by atoms with E-state index in [2.05, 4.69) is 79.4 Å². The molecule has 0 amide bonds. The molecule has 1 spiro atoms. The van der Waals surface area contributed by atoms with Crippen molar-refractivity contribution >= 4 is 22.1 Å². The van der Waals surface area contributed by atoms with Crippen molar-refractivity contribution in [3.8, 4) is 5.75 Å². The zero-order valence-electron chi connectivity index (χ0n) is 19.3. The molecule has 5 heteroatoms. The summed E-state index contributed by atoms with van der Waals surface area (Å²) in [5.41, 5.74) is 3.78. The fourth-order valence-corrected chi connectivity index (χ4v) is 5.99. The summed E-state index contributed by atoms with van der Waals surface area (Å²) in [6.45, 7) is 5.28. The second kappa shape index (κ2) is 7.32. The first kappa shape index (κ1) is 20.7. The van der Waals surface area contributed by atoms with Crippen LogP contribution in [0.25, 0.3) is 10.8 Å². The number of ether oxygens (including phenoxy) is 1. The average molecular weight is 451 g/mol. The average Bonchev–Trinajstić information content (AvgIpc) is 3.03. The molecule has 0 fully saturated rings. The highest BCUT2D eigenvalue weighted by Crippen LogP contribution is 2.58. The highest BCUT2D eigenvalue weighted by atomic mass is 16.6. The summed E-state index contributed by atoms with van der Waals surface area (Å²) in [5, 5.41) is 13.8. The van der Waals surface area contributed by atoms with Gasteiger partial charge >= 0.3 is 0 Å². The SMILES string of the molecule is CC1(C)c2c(ccc3ccccc23)N(Cc2ccccc2)C12CCc1cc([N+](=O)[O-])ccc1O2. The van der Waals surface area contributed by atoms with Gasteiger partial charge in [-0.05, 0) is 54.3 Å². The lowest BCUT2D eigenvalue weighted by Crippen LogP contribution is -2.61. The lowest BCUT2D eigenvalue weighted by molar-refractivity contribution is -0.385. The molecule has 5 nitrogen and oxygen atoms in total. The molecule has 2 aliphatic heterocycles. The number of anilines is 1. The van der Waals surface area contributed by atoms with Gasteiger partial charge in [0.2, 0.25) is 0 Å². The molecule has 0 radical (unpaired) electrons. The van der Waals surface area contributed by atoms with Crippen LogP contribution in [0.2, 0.25) is 0 Å². The van der Waals surface area contributed by atoms with E-state index < -0.39 is 5.72 Å². The van der Waals surface area contributed by atoms with Crippen molar-refractivity contribution in [3.05, 3.63) is 112 Å². The number of benzene rings is 4. The van der Waals surface area contributed by atoms with Crippen molar-refractivity contribution in [2.24, 2.45) is 0 Å². The van der Waals surface area contributed by atoms with Crippen molar-refractivity contribution in [1.29, 1.82) is 0 Å². The van der Waals surface area contributed by atoms with Gasteiger partial charge in [-0.15, -0.1) is 0 Å². The van der Waals surface area contributed by atoms with E-state index in [1.807, 2.05) is 6.07 Å². The van der Waals surface area contributed by atoms with E-state index in [1.54, 1.807) is 18.2 Å². The highest BCUT2D eigenvalue weighted by Gasteiger charge is 2.60. The van der Waals surface area contributed by atoms with Crippen LogP contribution in [0.4, 0.5) is 11.4 Å². The van der Waals surface area contributed by atoms with Gasteiger partial charge in [0.1, 0.15) is 5.75 Å². The first-order chi connectivity index (χ1) is 16.4. The van der Waals surface area contributed by atoms with Crippen LogP contribution in [-0.4, -0.2) is 10.6 Å². The fourth-order valence-electron chi connectivity index (χ4n) is 5.99. The molecular formula is C29H26N2O3. The Labute approximate surface area is 198 Å². The van der Waals surface area contributed by atoms with Gasteiger partial charge < -0.3 is 9.64 Å². The molecule has 0 saturated carbocycles. The summed E-state index contributed by atoms with van der Waals surface area (Å²) in [6.07, 6.45) is 1.46. The maximum absolute atomic E-state index is 11.3. The second-order valence-electron chi connectivity index (χ2n) is 9.81. The molecule has 6 rings (SSSR count). The number of nitro groups is 1. The zero-order chi connectivity index (χ0) is 23.5. The summed E-state index contributed by atoms with van der Waals surface area (Å²) in [7, 11) is 0. The molecular weight excluding hydrogens is 424 g/mol. The second-order valence-corrected chi connectivity index (χ2v) is 9.81. The predicted molar refractivity (Wildman–Crippen MR) is 134 cm³/mol. The first-order valence-corrected chi connectivity index (χ1v) is 11.7. The van der Waals surface area contributed by atoms with E-state index in [-0.39, 0.29) is 16.0 Å². The Balaban J connectivity index is 1.55. The summed E-state index contributed by atoms with van der Waals surface area (Å²) in [5.74, 6) is 0.736. The molecule has 1 unspecified atom stereocenters. The van der Waals surface area contributed by atoms with Crippen molar-refractivity contribution in [1.82, 2.24) is 0 Å². The Hall–Kier alpha value is -3.86. The van der Waals surface area contributed by atoms with Gasteiger partial charge in [0.15, 0.2) is 5.72 Å². The molecule has 170 valence electrons. The molecule has 0 bridgehead atoms. The summed E-state index contributed by atoms with van der Waals surface area (Å²) < 4.78 is 6.95. The Morgan fingerprint density at radius 2 is 1.74 bits per heavy atom. The van der Waals surface area contributed by atoms with Gasteiger partial charge in [-0.1, -0.05) is 60.7 Å². The number of aryl methyl sites for hydroxylation is 1. The number of non-ortho nitro benzene ring substituents is 1. The minimum Gasteiger partial charge on any atom is -0.467 e. The Kier molecular flexibility index (Phi) is 4.46. The molecule has 34 heavy (non-hydrogen) atoms. The normalized spacial score (nSPS) is 20.1. The van der Waals surface area contributed by atoms with Crippen LogP contribution in [0.1, 0.15) is 37.0 Å². The number of rotatable bonds is 3. The van der Waals surface area contributed by atoms with Crippen LogP contribution in [0.3, 0.4) is 0 Å². The molecule has 4 aromatic rings. The molecule has 0 N–H and O–H groups in total. The van der Waals surface area contributed by atoms with Crippen molar-refractivity contribution in [2.45, 2.75) is 44.4 Å². The quantitative estimate of drug-likeness (QED) is 0.255. The fraction of sp³-hybridized carbons (Fsp3) is 0.241. The molecule has 4 aromatic carbocycles. The standard InChI is InChI=1S/C29H26N2O3/c1-28(2)27-24-11-7-6-10-21(24)12-14-25(27)30(19-20-8-4-3-5-9-20)29(28)17-16-22-18-23(31(32)33)13-15-26(22)34-29/h3-15,18H,16-17,19H2,1-2H3. The third kappa shape index (κ3) is 2.86. The van der Waals surface area contributed by atoms with Gasteiger partial charge in [0.25, 0.3) is 5.69 Å². The van der Waals surface area contributed by atoms with Gasteiger partial charge in [0.05, 0.1) is 10.3 Å². The largest absolute Gasteiger partial charge is 0.467 e. The van der Waals surface area contributed by atoms with E-state index >= 15 is 0 Å². The number of hydrogen-bond acceptors (Lipinski definition) is 4. The molecule has 0 saturated heterocycles. The van der Waals surface area contributed by atoms with Crippen LogP contribution in [0.5, 0.6) is 5.75 Å². The maximum Gasteiger partial charge on any atom is 0.269 e.